The van der Waals surface area contributed by atoms with Crippen molar-refractivity contribution in [3.8, 4) is 6.07 Å². The lowest BCUT2D eigenvalue weighted by Crippen LogP contribution is -2.19. The second kappa shape index (κ2) is 8.39. The van der Waals surface area contributed by atoms with Crippen molar-refractivity contribution >= 4 is 32.8 Å². The maximum Gasteiger partial charge on any atom is 0.313 e. The Hall–Kier alpha value is -2.00. The molecule has 0 aliphatic rings. The summed E-state index contributed by atoms with van der Waals surface area (Å²) in [7, 11) is 0. The molecule has 2 rings (SSSR count). The number of fused-ring (bicyclic) bond motifs is 1. The van der Waals surface area contributed by atoms with Gasteiger partial charge in [0.05, 0.1) is 28.6 Å². The van der Waals surface area contributed by atoms with Crippen LogP contribution in [-0.4, -0.2) is 17.6 Å². The first kappa shape index (κ1) is 19.3. The Balaban J connectivity index is 2.48. The van der Waals surface area contributed by atoms with Crippen LogP contribution in [0.2, 0.25) is 0 Å². The number of hydrogen-bond acceptors (Lipinski definition) is 4. The first-order chi connectivity index (χ1) is 11.8. The van der Waals surface area contributed by atoms with Gasteiger partial charge in [0, 0.05) is 17.5 Å². The van der Waals surface area contributed by atoms with Crippen molar-refractivity contribution in [1.29, 1.82) is 5.26 Å². The minimum atomic E-state index is -0.631. The third kappa shape index (κ3) is 4.55. The molecule has 132 valence electrons. The highest BCUT2D eigenvalue weighted by Crippen LogP contribution is 2.31. The average Bonchev–Trinajstić information content (AvgIpc) is 2.57. The summed E-state index contributed by atoms with van der Waals surface area (Å²) in [4.78, 5) is 17.0. The third-order valence-corrected chi connectivity index (χ3v) is 4.49. The molecule has 4 nitrogen and oxygen atoms in total. The second-order valence-electron chi connectivity index (χ2n) is 6.36. The smallest absolute Gasteiger partial charge is 0.313 e. The number of carbonyl (C=O) groups excluding carboxylic acids is 1. The van der Waals surface area contributed by atoms with Crippen LogP contribution in [0.1, 0.15) is 43.9 Å². The van der Waals surface area contributed by atoms with Gasteiger partial charge in [-0.15, -0.1) is 0 Å². The summed E-state index contributed by atoms with van der Waals surface area (Å²) in [5.41, 5.74) is 1.77. The predicted molar refractivity (Wildman–Crippen MR) is 97.5 cm³/mol. The van der Waals surface area contributed by atoms with Crippen molar-refractivity contribution in [2.45, 2.75) is 39.5 Å². The van der Waals surface area contributed by atoms with Gasteiger partial charge in [-0.2, -0.15) is 5.26 Å². The van der Waals surface area contributed by atoms with Gasteiger partial charge < -0.3 is 4.74 Å². The lowest BCUT2D eigenvalue weighted by atomic mass is 9.92. The molecule has 0 bridgehead atoms. The lowest BCUT2D eigenvalue weighted by Gasteiger charge is -2.18. The Morgan fingerprint density at radius 2 is 2.16 bits per heavy atom. The molecule has 1 heterocycles. The summed E-state index contributed by atoms with van der Waals surface area (Å²) in [5.74, 6) is -1.23. The van der Waals surface area contributed by atoms with E-state index in [9.17, 15) is 9.18 Å². The van der Waals surface area contributed by atoms with Crippen molar-refractivity contribution in [1.82, 2.24) is 4.98 Å². The van der Waals surface area contributed by atoms with E-state index in [0.29, 0.717) is 39.7 Å². The number of halogens is 2. The second-order valence-corrected chi connectivity index (χ2v) is 7.22. The summed E-state index contributed by atoms with van der Waals surface area (Å²) in [6.45, 7) is 5.99. The number of nitrogens with zero attached hydrogens (tertiary/aromatic N) is 2. The van der Waals surface area contributed by atoms with Gasteiger partial charge in [0.15, 0.2) is 0 Å². The number of pyridine rings is 1. The van der Waals surface area contributed by atoms with E-state index < -0.39 is 17.7 Å². The molecule has 0 amide bonds. The van der Waals surface area contributed by atoms with Crippen LogP contribution in [0.5, 0.6) is 0 Å². The molecule has 1 atom stereocenters. The largest absolute Gasteiger partial charge is 0.465 e. The van der Waals surface area contributed by atoms with E-state index in [0.717, 1.165) is 0 Å². The number of aryl methyl sites for hydroxylation is 1. The van der Waals surface area contributed by atoms with Gasteiger partial charge in [0.1, 0.15) is 5.82 Å². The normalized spacial score (nSPS) is 12.2. The molecule has 0 saturated carbocycles. The molecule has 1 unspecified atom stereocenters. The number of hydrogen-bond donors (Lipinski definition) is 0. The van der Waals surface area contributed by atoms with Gasteiger partial charge >= 0.3 is 5.97 Å². The molecule has 25 heavy (non-hydrogen) atoms. The van der Waals surface area contributed by atoms with Crippen molar-refractivity contribution in [3.05, 3.63) is 39.7 Å². The lowest BCUT2D eigenvalue weighted by molar-refractivity contribution is -0.146. The van der Waals surface area contributed by atoms with Crippen LogP contribution >= 0.6 is 15.9 Å². The van der Waals surface area contributed by atoms with Gasteiger partial charge in [0.2, 0.25) is 0 Å². The van der Waals surface area contributed by atoms with Gasteiger partial charge in [-0.1, -0.05) is 13.8 Å². The molecular formula is C19H20BrFN2O2. The van der Waals surface area contributed by atoms with E-state index >= 15 is 0 Å². The van der Waals surface area contributed by atoms with Crippen LogP contribution < -0.4 is 0 Å². The van der Waals surface area contributed by atoms with E-state index in [1.807, 2.05) is 13.8 Å². The van der Waals surface area contributed by atoms with Gasteiger partial charge in [-0.05, 0) is 59.0 Å². The number of aromatic nitrogens is 1. The minimum Gasteiger partial charge on any atom is -0.465 e. The molecule has 0 N–H and O–H groups in total. The molecule has 0 aliphatic heterocycles. The molecule has 0 radical (unpaired) electrons. The standard InChI is InChI=1S/C19H20BrFN2O2/c1-11(2)10-25-19(24)13(5-4-8-22)14-9-15-17(23-12(14)3)7-6-16(20)18(15)21/h6-7,9,11,13H,4-5,10H2,1-3H3. The molecule has 0 saturated heterocycles. The Morgan fingerprint density at radius 1 is 1.44 bits per heavy atom. The highest BCUT2D eigenvalue weighted by atomic mass is 79.9. The maximum absolute atomic E-state index is 14.4. The van der Waals surface area contributed by atoms with E-state index in [4.69, 9.17) is 10.00 Å². The first-order valence-corrected chi connectivity index (χ1v) is 8.93. The predicted octanol–water partition coefficient (Wildman–Crippen LogP) is 5.03. The molecule has 6 heteroatoms. The highest BCUT2D eigenvalue weighted by Gasteiger charge is 2.25. The Morgan fingerprint density at radius 3 is 2.80 bits per heavy atom. The number of nitriles is 1. The molecule has 1 aromatic carbocycles. The SMILES string of the molecule is Cc1nc2ccc(Br)c(F)c2cc1C(CCC#N)C(=O)OCC(C)C. The summed E-state index contributed by atoms with van der Waals surface area (Å²) in [6, 6.07) is 7.03. The fourth-order valence-corrected chi connectivity index (χ4v) is 2.95. The van der Waals surface area contributed by atoms with E-state index in [2.05, 4.69) is 27.0 Å². The number of ether oxygens (including phenoxy) is 1. The average molecular weight is 407 g/mol. The number of esters is 1. The maximum atomic E-state index is 14.4. The number of rotatable bonds is 6. The van der Waals surface area contributed by atoms with Crippen molar-refractivity contribution in [3.63, 3.8) is 0 Å². The molecule has 0 spiro atoms. The van der Waals surface area contributed by atoms with Crippen LogP contribution in [0.25, 0.3) is 10.9 Å². The van der Waals surface area contributed by atoms with Crippen molar-refractivity contribution in [2.75, 3.05) is 6.61 Å². The van der Waals surface area contributed by atoms with Crippen molar-refractivity contribution in [2.24, 2.45) is 5.92 Å². The Kier molecular flexibility index (Phi) is 6.49. The molecular weight excluding hydrogens is 387 g/mol. The number of benzene rings is 1. The van der Waals surface area contributed by atoms with Gasteiger partial charge in [0.25, 0.3) is 0 Å². The van der Waals surface area contributed by atoms with Crippen LogP contribution in [0, 0.1) is 30.0 Å². The van der Waals surface area contributed by atoms with E-state index in [-0.39, 0.29) is 12.3 Å². The van der Waals surface area contributed by atoms with Crippen LogP contribution in [0.15, 0.2) is 22.7 Å². The fourth-order valence-electron chi connectivity index (χ4n) is 2.61. The van der Waals surface area contributed by atoms with Crippen molar-refractivity contribution < 1.29 is 13.9 Å². The topological polar surface area (TPSA) is 63.0 Å². The van der Waals surface area contributed by atoms with Gasteiger partial charge in [-0.3, -0.25) is 9.78 Å². The van der Waals surface area contributed by atoms with Crippen LogP contribution in [-0.2, 0) is 9.53 Å². The molecule has 2 aromatic rings. The van der Waals surface area contributed by atoms with E-state index in [1.54, 1.807) is 25.1 Å². The Labute approximate surface area is 155 Å². The third-order valence-electron chi connectivity index (χ3n) is 3.88. The molecule has 0 fully saturated rings. The monoisotopic (exact) mass is 406 g/mol. The number of carbonyl (C=O) groups is 1. The van der Waals surface area contributed by atoms with E-state index in [1.165, 1.54) is 0 Å². The summed E-state index contributed by atoms with van der Waals surface area (Å²) >= 11 is 3.17. The minimum absolute atomic E-state index is 0.208. The summed E-state index contributed by atoms with van der Waals surface area (Å²) < 4.78 is 20.1. The van der Waals surface area contributed by atoms with Crippen LogP contribution in [0.3, 0.4) is 0 Å². The summed E-state index contributed by atoms with van der Waals surface area (Å²) in [6.07, 6.45) is 0.525. The zero-order valence-electron chi connectivity index (χ0n) is 14.5. The summed E-state index contributed by atoms with van der Waals surface area (Å²) in [5, 5.41) is 9.24. The zero-order chi connectivity index (χ0) is 18.6. The van der Waals surface area contributed by atoms with Gasteiger partial charge in [-0.25, -0.2) is 4.39 Å². The quantitative estimate of drug-likeness (QED) is 0.630. The molecule has 0 aliphatic carbocycles. The molecule has 1 aromatic heterocycles. The van der Waals surface area contributed by atoms with Crippen LogP contribution in [0.4, 0.5) is 4.39 Å². The fraction of sp³-hybridized carbons (Fsp3) is 0.421. The highest BCUT2D eigenvalue weighted by molar-refractivity contribution is 9.10. The zero-order valence-corrected chi connectivity index (χ0v) is 16.1. The first-order valence-electron chi connectivity index (χ1n) is 8.14. The Bertz CT molecular complexity index is 830.